The van der Waals surface area contributed by atoms with Crippen LogP contribution in [-0.4, -0.2) is 37.9 Å². The molecule has 0 aromatic carbocycles. The number of hydrogen-bond donors (Lipinski definition) is 3. The van der Waals surface area contributed by atoms with E-state index in [0.29, 0.717) is 40.1 Å². The van der Waals surface area contributed by atoms with Crippen molar-refractivity contribution in [2.45, 2.75) is 13.3 Å². The Morgan fingerprint density at radius 1 is 1.25 bits per heavy atom. The molecule has 1 aliphatic rings. The van der Waals surface area contributed by atoms with Crippen molar-refractivity contribution in [3.05, 3.63) is 67.3 Å². The van der Waals surface area contributed by atoms with Crippen molar-refractivity contribution < 1.29 is 9.53 Å². The van der Waals surface area contributed by atoms with Crippen LogP contribution in [0.25, 0.3) is 17.7 Å². The van der Waals surface area contributed by atoms with Crippen molar-refractivity contribution >= 4 is 29.5 Å². The van der Waals surface area contributed by atoms with Gasteiger partial charge in [0, 0.05) is 18.3 Å². The summed E-state index contributed by atoms with van der Waals surface area (Å²) in [5, 5.41) is 11.9. The van der Waals surface area contributed by atoms with Crippen LogP contribution in [0.4, 0.5) is 5.82 Å². The van der Waals surface area contributed by atoms with Gasteiger partial charge < -0.3 is 10.1 Å². The number of aromatic nitrogens is 5. The molecule has 4 rings (SSSR count). The Morgan fingerprint density at radius 2 is 2.00 bits per heavy atom. The minimum Gasteiger partial charge on any atom is -0.465 e. The Balaban J connectivity index is 1.81. The first-order valence-corrected chi connectivity index (χ1v) is 8.40. The molecular weight excluding hydrogens is 364 g/mol. The SMILES string of the molecule is COC(=O)c1cn2ncnc(NC3=Cc4c(c(=O)[nH][nH]c4=O)C=CC3)c2c1C. The summed E-state index contributed by atoms with van der Waals surface area (Å²) in [6.45, 7) is 1.77. The first-order valence-electron chi connectivity index (χ1n) is 8.40. The van der Waals surface area contributed by atoms with Gasteiger partial charge in [-0.25, -0.2) is 14.3 Å². The van der Waals surface area contributed by atoms with E-state index in [1.54, 1.807) is 31.3 Å². The predicted molar refractivity (Wildman–Crippen MR) is 102 cm³/mol. The van der Waals surface area contributed by atoms with Gasteiger partial charge in [0.15, 0.2) is 5.82 Å². The lowest BCUT2D eigenvalue weighted by molar-refractivity contribution is 0.0600. The number of hydrogen-bond acceptors (Lipinski definition) is 7. The second-order valence-electron chi connectivity index (χ2n) is 6.20. The van der Waals surface area contributed by atoms with Crippen LogP contribution in [0.15, 0.2) is 33.9 Å². The standard InChI is InChI=1S/C18H16N6O4/c1-9-13(18(27)28-2)7-24-14(9)15(19-8-20-24)21-10-4-3-5-11-12(6-10)17(26)23-22-16(11)25/h3,5-8H,4H2,1-2H3,(H,22,25)(H,23,26)(H,19,20,21). The van der Waals surface area contributed by atoms with Gasteiger partial charge in [0.05, 0.1) is 23.8 Å². The number of nitrogens with zero attached hydrogens (tertiary/aromatic N) is 3. The van der Waals surface area contributed by atoms with E-state index in [1.807, 2.05) is 0 Å². The van der Waals surface area contributed by atoms with Crippen LogP contribution in [0.1, 0.15) is 33.5 Å². The Labute approximate surface area is 157 Å². The maximum Gasteiger partial charge on any atom is 0.339 e. The lowest BCUT2D eigenvalue weighted by Crippen LogP contribution is -2.24. The van der Waals surface area contributed by atoms with Gasteiger partial charge in [0.1, 0.15) is 11.8 Å². The normalized spacial score (nSPS) is 13.0. The second-order valence-corrected chi connectivity index (χ2v) is 6.20. The number of carbonyl (C=O) groups is 1. The molecule has 0 unspecified atom stereocenters. The van der Waals surface area contributed by atoms with E-state index in [1.165, 1.54) is 18.0 Å². The number of carbonyl (C=O) groups excluding carboxylic acids is 1. The monoisotopic (exact) mass is 380 g/mol. The summed E-state index contributed by atoms with van der Waals surface area (Å²) in [5.41, 5.74) is 2.08. The molecule has 10 nitrogen and oxygen atoms in total. The molecule has 0 saturated heterocycles. The van der Waals surface area contributed by atoms with Gasteiger partial charge in [-0.2, -0.15) is 5.10 Å². The molecule has 0 atom stereocenters. The third-order valence-corrected chi connectivity index (χ3v) is 4.52. The van der Waals surface area contributed by atoms with Crippen molar-refractivity contribution in [1.29, 1.82) is 0 Å². The molecule has 3 N–H and O–H groups in total. The highest BCUT2D eigenvalue weighted by atomic mass is 16.5. The fraction of sp³-hybridized carbons (Fsp3) is 0.167. The lowest BCUT2D eigenvalue weighted by atomic mass is 10.1. The smallest absolute Gasteiger partial charge is 0.339 e. The van der Waals surface area contributed by atoms with Gasteiger partial charge in [-0.15, -0.1) is 0 Å². The first kappa shape index (κ1) is 17.5. The Bertz CT molecular complexity index is 1280. The van der Waals surface area contributed by atoms with Crippen LogP contribution < -0.4 is 16.4 Å². The van der Waals surface area contributed by atoms with Crippen LogP contribution in [0.2, 0.25) is 0 Å². The molecule has 142 valence electrons. The quantitative estimate of drug-likeness (QED) is 0.579. The number of ether oxygens (including phenoxy) is 1. The molecule has 0 saturated carbocycles. The van der Waals surface area contributed by atoms with Crippen molar-refractivity contribution in [3.63, 3.8) is 0 Å². The van der Waals surface area contributed by atoms with Crippen LogP contribution in [0, 0.1) is 6.92 Å². The molecule has 3 aromatic rings. The summed E-state index contributed by atoms with van der Waals surface area (Å²) in [5.74, 6) is -0.00252. The summed E-state index contributed by atoms with van der Waals surface area (Å²) in [6.07, 6.45) is 8.39. The topological polar surface area (TPSA) is 134 Å². The number of rotatable bonds is 3. The average Bonchev–Trinajstić information content (AvgIpc) is 2.88. The molecule has 0 aliphatic heterocycles. The number of esters is 1. The van der Waals surface area contributed by atoms with E-state index in [9.17, 15) is 14.4 Å². The van der Waals surface area contributed by atoms with Crippen molar-refractivity contribution in [2.24, 2.45) is 0 Å². The van der Waals surface area contributed by atoms with E-state index >= 15 is 0 Å². The molecule has 10 heteroatoms. The summed E-state index contributed by atoms with van der Waals surface area (Å²) in [6, 6.07) is 0. The van der Waals surface area contributed by atoms with Gasteiger partial charge >= 0.3 is 5.97 Å². The van der Waals surface area contributed by atoms with Gasteiger partial charge in [0.25, 0.3) is 11.1 Å². The van der Waals surface area contributed by atoms with Crippen molar-refractivity contribution in [1.82, 2.24) is 24.8 Å². The molecule has 0 radical (unpaired) electrons. The maximum atomic E-state index is 12.1. The fourth-order valence-electron chi connectivity index (χ4n) is 3.15. The zero-order valence-electron chi connectivity index (χ0n) is 15.1. The fourth-order valence-corrected chi connectivity index (χ4v) is 3.15. The third-order valence-electron chi connectivity index (χ3n) is 4.52. The number of nitrogens with one attached hydrogen (secondary N) is 3. The Hall–Kier alpha value is -3.95. The number of H-pyrrole nitrogens is 2. The molecule has 0 amide bonds. The van der Waals surface area contributed by atoms with Gasteiger partial charge in [-0.3, -0.25) is 19.8 Å². The van der Waals surface area contributed by atoms with E-state index in [4.69, 9.17) is 4.74 Å². The minimum absolute atomic E-state index is 0.257. The predicted octanol–water partition coefficient (Wildman–Crippen LogP) is 1.07. The number of aromatic amines is 2. The number of allylic oxidation sites excluding steroid dienone is 1. The first-order chi connectivity index (χ1) is 13.5. The Morgan fingerprint density at radius 3 is 2.75 bits per heavy atom. The van der Waals surface area contributed by atoms with Crippen LogP contribution in [0.3, 0.4) is 0 Å². The minimum atomic E-state index is -0.467. The summed E-state index contributed by atoms with van der Waals surface area (Å²) >= 11 is 0. The van der Waals surface area contributed by atoms with Crippen LogP contribution >= 0.6 is 0 Å². The van der Waals surface area contributed by atoms with Crippen LogP contribution in [-0.2, 0) is 4.74 Å². The van der Waals surface area contributed by atoms with Gasteiger partial charge in [-0.1, -0.05) is 12.2 Å². The molecule has 3 heterocycles. The number of fused-ring (bicyclic) bond motifs is 2. The highest BCUT2D eigenvalue weighted by Crippen LogP contribution is 2.25. The molecule has 28 heavy (non-hydrogen) atoms. The maximum absolute atomic E-state index is 12.1. The van der Waals surface area contributed by atoms with Gasteiger partial charge in [-0.05, 0) is 18.6 Å². The molecule has 0 spiro atoms. The molecule has 0 fully saturated rings. The highest BCUT2D eigenvalue weighted by Gasteiger charge is 2.19. The molecule has 1 aliphatic carbocycles. The number of anilines is 1. The van der Waals surface area contributed by atoms with Gasteiger partial charge in [0.2, 0.25) is 0 Å². The van der Waals surface area contributed by atoms with E-state index in [-0.39, 0.29) is 11.1 Å². The largest absolute Gasteiger partial charge is 0.465 e. The average molecular weight is 380 g/mol. The number of aryl methyl sites for hydroxylation is 1. The second kappa shape index (κ2) is 6.65. The zero-order valence-corrected chi connectivity index (χ0v) is 15.1. The molecule has 0 bridgehead atoms. The van der Waals surface area contributed by atoms with Crippen molar-refractivity contribution in [3.8, 4) is 0 Å². The lowest BCUT2D eigenvalue weighted by Gasteiger charge is -2.10. The molecular formula is C18H16N6O4. The highest BCUT2D eigenvalue weighted by molar-refractivity contribution is 5.95. The zero-order chi connectivity index (χ0) is 19.8. The molecule has 3 aromatic heterocycles. The van der Waals surface area contributed by atoms with Crippen LogP contribution in [0.5, 0.6) is 0 Å². The van der Waals surface area contributed by atoms with E-state index in [2.05, 4.69) is 25.6 Å². The third kappa shape index (κ3) is 2.80. The van der Waals surface area contributed by atoms with E-state index in [0.717, 1.165) is 0 Å². The summed E-state index contributed by atoms with van der Waals surface area (Å²) < 4.78 is 6.34. The van der Waals surface area contributed by atoms with Crippen molar-refractivity contribution in [2.75, 3.05) is 12.4 Å². The summed E-state index contributed by atoms with van der Waals surface area (Å²) in [4.78, 5) is 40.3. The van der Waals surface area contributed by atoms with E-state index < -0.39 is 11.5 Å². The number of methoxy groups -OCH3 is 1. The Kier molecular flexibility index (Phi) is 4.15. The summed E-state index contributed by atoms with van der Waals surface area (Å²) in [7, 11) is 1.31.